The maximum atomic E-state index is 8.82. The van der Waals surface area contributed by atoms with Crippen LogP contribution in [-0.4, -0.2) is 107 Å². The summed E-state index contributed by atoms with van der Waals surface area (Å²) < 4.78 is 66.5. The Morgan fingerprint density at radius 3 is 2.00 bits per heavy atom. The maximum absolute atomic E-state index is 8.82. The van der Waals surface area contributed by atoms with E-state index in [0.29, 0.717) is 18.3 Å². The van der Waals surface area contributed by atoms with Crippen molar-refractivity contribution in [3.8, 4) is 0 Å². The van der Waals surface area contributed by atoms with Gasteiger partial charge in [0, 0.05) is 7.11 Å². The van der Waals surface area contributed by atoms with Crippen LogP contribution in [0.4, 0.5) is 0 Å². The Kier molecular flexibility index (Phi) is 10.3. The molecular formula is C28H46O14Si. The topological polar surface area (TPSA) is 140 Å². The Hall–Kier alpha value is -0.343. The van der Waals surface area contributed by atoms with Crippen molar-refractivity contribution >= 4 is 10.0 Å². The summed E-state index contributed by atoms with van der Waals surface area (Å²) in [5, 5.41) is 8.82. The van der Waals surface area contributed by atoms with Crippen molar-refractivity contribution in [2.75, 3.05) is 54.7 Å². The molecule has 0 aromatic rings. The van der Waals surface area contributed by atoms with Crippen LogP contribution < -0.4 is 0 Å². The fourth-order valence-corrected chi connectivity index (χ4v) is 9.86. The Morgan fingerprint density at radius 1 is 0.651 bits per heavy atom. The molecule has 1 spiro atoms. The quantitative estimate of drug-likeness (QED) is 0.411. The van der Waals surface area contributed by atoms with E-state index in [1.807, 2.05) is 0 Å². The fraction of sp³-hybridized carbons (Fsp3) is 1.00. The van der Waals surface area contributed by atoms with Gasteiger partial charge in [-0.05, 0) is 86.4 Å². The summed E-state index contributed by atoms with van der Waals surface area (Å²) in [6.45, 7) is -1.39. The standard InChI is InChI=1S/C18H24O2.C6H12O6.C4H10O6Si/c1-8-3-12-7-16-18-13(17(12)18)4-9(8)2-11-6-15(20-18)14(19-16)5-10(1)11;1-7-6-11-4-9-2-8-3-10-5-12-6;5-4-8-2-6-1-7-3-9-11-10-4/h8-17H,1-7H2;6H,2-5H2,1H3;4-5H,1-3,11H2. The minimum absolute atomic E-state index is 0.0461. The van der Waals surface area contributed by atoms with Gasteiger partial charge in [0.15, 0.2) is 40.8 Å². The van der Waals surface area contributed by atoms with E-state index in [1.165, 1.54) is 45.6 Å². The van der Waals surface area contributed by atoms with Crippen molar-refractivity contribution in [3.05, 3.63) is 0 Å². The number of rotatable bonds is 1. The molecular weight excluding hydrogens is 588 g/mol. The number of hydrogen-bond acceptors (Lipinski definition) is 14. The summed E-state index contributed by atoms with van der Waals surface area (Å²) in [4.78, 5) is 0. The molecule has 9 fully saturated rings. The van der Waals surface area contributed by atoms with Crippen molar-refractivity contribution in [2.45, 2.75) is 81.8 Å². The van der Waals surface area contributed by atoms with Crippen LogP contribution in [0.3, 0.4) is 0 Å². The second-order valence-corrected chi connectivity index (χ2v) is 13.9. The Morgan fingerprint density at radius 2 is 1.26 bits per heavy atom. The lowest BCUT2D eigenvalue weighted by Crippen LogP contribution is -2.55. The van der Waals surface area contributed by atoms with Crippen LogP contribution in [0.5, 0.6) is 0 Å². The minimum Gasteiger partial charge on any atom is -0.375 e. The third-order valence-electron chi connectivity index (χ3n) is 10.9. The SMILES string of the molecule is C1C2CC3CC4OC5CC1C1CC2CC2C3C42OC5C1.COC1OCOCOCOCO1.OC1OCOCOCO[SiH2]O1. The second kappa shape index (κ2) is 14.2. The smallest absolute Gasteiger partial charge is 0.311 e. The van der Waals surface area contributed by atoms with Crippen LogP contribution >= 0.6 is 0 Å². The lowest BCUT2D eigenvalue weighted by molar-refractivity contribution is -0.349. The van der Waals surface area contributed by atoms with Crippen LogP contribution in [0.2, 0.25) is 0 Å². The van der Waals surface area contributed by atoms with Gasteiger partial charge in [0.1, 0.15) is 12.4 Å². The van der Waals surface area contributed by atoms with Gasteiger partial charge in [-0.15, -0.1) is 0 Å². The Balaban J connectivity index is 0.000000114. The van der Waals surface area contributed by atoms with Crippen molar-refractivity contribution in [1.29, 1.82) is 0 Å². The average Bonchev–Trinajstić information content (AvgIpc) is 3.56. The summed E-state index contributed by atoms with van der Waals surface area (Å²) in [5.41, 5.74) is 0.223. The van der Waals surface area contributed by atoms with Gasteiger partial charge < -0.3 is 66.1 Å². The molecule has 9 rings (SSSR count). The fourth-order valence-electron chi connectivity index (χ4n) is 9.37. The number of aliphatic hydroxyl groups excluding tert-OH is 1. The number of ether oxygens (including phenoxy) is 11. The zero-order valence-corrected chi connectivity index (χ0v) is 26.2. The molecule has 1 N–H and O–H groups in total. The molecule has 15 heteroatoms. The molecule has 0 aromatic heterocycles. The van der Waals surface area contributed by atoms with Crippen LogP contribution in [0.15, 0.2) is 0 Å². The van der Waals surface area contributed by atoms with Crippen LogP contribution in [0.25, 0.3) is 0 Å². The Bertz CT molecular complexity index is 876. The highest BCUT2D eigenvalue weighted by atomic mass is 28.3. The van der Waals surface area contributed by atoms with Gasteiger partial charge in [-0.3, -0.25) is 0 Å². The minimum atomic E-state index is -1.24. The summed E-state index contributed by atoms with van der Waals surface area (Å²) in [6, 6.07) is 0. The molecule has 0 radical (unpaired) electrons. The van der Waals surface area contributed by atoms with E-state index >= 15 is 0 Å². The molecule has 4 aliphatic heterocycles. The summed E-state index contributed by atoms with van der Waals surface area (Å²) >= 11 is 0. The molecule has 12 unspecified atom stereocenters. The highest BCUT2D eigenvalue weighted by molar-refractivity contribution is 6.17. The molecule has 12 atom stereocenters. The third kappa shape index (κ3) is 6.73. The van der Waals surface area contributed by atoms with E-state index in [1.54, 1.807) is 6.42 Å². The molecule has 14 nitrogen and oxygen atoms in total. The first-order chi connectivity index (χ1) is 21.2. The molecule has 246 valence electrons. The van der Waals surface area contributed by atoms with Gasteiger partial charge in [-0.2, -0.15) is 0 Å². The van der Waals surface area contributed by atoms with E-state index in [0.717, 1.165) is 41.4 Å². The molecule has 9 aliphatic rings. The van der Waals surface area contributed by atoms with Crippen LogP contribution in [0.1, 0.15) is 44.9 Å². The van der Waals surface area contributed by atoms with E-state index in [-0.39, 0.29) is 53.2 Å². The first-order valence-corrected chi connectivity index (χ1v) is 16.8. The first-order valence-electron chi connectivity index (χ1n) is 15.6. The van der Waals surface area contributed by atoms with Gasteiger partial charge in [-0.1, -0.05) is 0 Å². The lowest BCUT2D eigenvalue weighted by Gasteiger charge is -2.51. The molecule has 5 aliphatic carbocycles. The number of hydrogen-bond donors (Lipinski definition) is 1. The largest absolute Gasteiger partial charge is 0.375 e. The number of aliphatic hydroxyl groups is 1. The van der Waals surface area contributed by atoms with E-state index in [2.05, 4.69) is 4.74 Å². The van der Waals surface area contributed by atoms with Crippen LogP contribution in [0, 0.1) is 41.4 Å². The lowest BCUT2D eigenvalue weighted by atomic mass is 9.60. The first kappa shape index (κ1) is 31.3. The van der Waals surface area contributed by atoms with Crippen molar-refractivity contribution in [2.24, 2.45) is 41.4 Å². The predicted molar refractivity (Wildman–Crippen MR) is 143 cm³/mol. The molecule has 0 aromatic carbocycles. The second-order valence-electron chi connectivity index (χ2n) is 12.9. The van der Waals surface area contributed by atoms with E-state index in [4.69, 9.17) is 61.3 Å². The van der Waals surface area contributed by atoms with Gasteiger partial charge in [0.2, 0.25) is 0 Å². The zero-order valence-electron chi connectivity index (χ0n) is 24.8. The molecule has 4 heterocycles. The monoisotopic (exact) mass is 634 g/mol. The van der Waals surface area contributed by atoms with E-state index < -0.39 is 23.0 Å². The highest BCUT2D eigenvalue weighted by Crippen LogP contribution is 2.75. The van der Waals surface area contributed by atoms with Gasteiger partial charge >= 0.3 is 10.0 Å². The maximum Gasteiger partial charge on any atom is 0.311 e. The zero-order chi connectivity index (χ0) is 29.2. The predicted octanol–water partition coefficient (Wildman–Crippen LogP) is 1.08. The van der Waals surface area contributed by atoms with Gasteiger partial charge in [0.25, 0.3) is 13.0 Å². The summed E-state index contributed by atoms with van der Waals surface area (Å²) in [7, 11) is 0.276. The average molecular weight is 635 g/mol. The van der Waals surface area contributed by atoms with Crippen molar-refractivity contribution in [3.63, 3.8) is 0 Å². The van der Waals surface area contributed by atoms with Crippen molar-refractivity contribution < 1.29 is 66.1 Å². The van der Waals surface area contributed by atoms with E-state index in [9.17, 15) is 0 Å². The molecule has 5 bridgehead atoms. The third-order valence-corrected chi connectivity index (χ3v) is 11.6. The normalized spacial score (nSPS) is 49.4. The number of methoxy groups -OCH3 is 1. The molecule has 4 saturated heterocycles. The van der Waals surface area contributed by atoms with Crippen molar-refractivity contribution in [1.82, 2.24) is 0 Å². The molecule has 0 amide bonds. The Labute approximate surface area is 254 Å². The summed E-state index contributed by atoms with van der Waals surface area (Å²) in [6.07, 6.45) is 11.5. The molecule has 5 saturated carbocycles. The summed E-state index contributed by atoms with van der Waals surface area (Å²) in [5.74, 6) is 6.80. The van der Waals surface area contributed by atoms with Crippen LogP contribution in [-0.2, 0) is 61.0 Å². The highest BCUT2D eigenvalue weighted by Gasteiger charge is 2.80. The van der Waals surface area contributed by atoms with Gasteiger partial charge in [-0.25, -0.2) is 0 Å². The molecule has 43 heavy (non-hydrogen) atoms. The van der Waals surface area contributed by atoms with Gasteiger partial charge in [0.05, 0.1) is 18.3 Å².